The Morgan fingerprint density at radius 1 is 1.11 bits per heavy atom. The monoisotopic (exact) mass is 296 g/mol. The number of halogens is 3. The number of nitriles is 1. The third-order valence-electron chi connectivity index (χ3n) is 2.70. The van der Waals surface area contributed by atoms with Crippen LogP contribution in [-0.2, 0) is 0 Å². The van der Waals surface area contributed by atoms with E-state index >= 15 is 0 Å². The molecule has 0 aliphatic heterocycles. The molecule has 0 heterocycles. The lowest BCUT2D eigenvalue weighted by Gasteiger charge is -2.13. The van der Waals surface area contributed by atoms with Crippen LogP contribution < -0.4 is 5.73 Å². The quantitative estimate of drug-likeness (QED) is 0.916. The predicted molar refractivity (Wildman–Crippen MR) is 75.8 cm³/mol. The molecule has 0 bridgehead atoms. The van der Waals surface area contributed by atoms with Crippen LogP contribution in [0, 0.1) is 17.1 Å². The molecule has 5 heteroatoms. The van der Waals surface area contributed by atoms with Crippen molar-refractivity contribution < 1.29 is 4.39 Å². The largest absolute Gasteiger partial charge is 0.320 e. The number of benzene rings is 2. The highest BCUT2D eigenvalue weighted by Crippen LogP contribution is 2.24. The number of rotatable bonds is 2. The highest BCUT2D eigenvalue weighted by molar-refractivity contribution is 6.30. The Labute approximate surface area is 122 Å². The van der Waals surface area contributed by atoms with Crippen molar-refractivity contribution >= 4 is 24.0 Å². The van der Waals surface area contributed by atoms with Gasteiger partial charge in [0.25, 0.3) is 0 Å². The molecule has 1 atom stereocenters. The molecular weight excluding hydrogens is 286 g/mol. The zero-order valence-corrected chi connectivity index (χ0v) is 11.4. The number of nitrogens with zero attached hydrogens (tertiary/aromatic N) is 1. The van der Waals surface area contributed by atoms with Crippen LogP contribution in [0.2, 0.25) is 5.02 Å². The second kappa shape index (κ2) is 6.53. The van der Waals surface area contributed by atoms with E-state index < -0.39 is 11.9 Å². The molecule has 0 fully saturated rings. The van der Waals surface area contributed by atoms with E-state index in [0.29, 0.717) is 5.56 Å². The first-order valence-corrected chi connectivity index (χ1v) is 5.70. The van der Waals surface area contributed by atoms with E-state index in [1.165, 1.54) is 12.1 Å². The Balaban J connectivity index is 0.00000180. The zero-order valence-electron chi connectivity index (χ0n) is 9.81. The summed E-state index contributed by atoms with van der Waals surface area (Å²) in [5, 5.41) is 8.76. The summed E-state index contributed by atoms with van der Waals surface area (Å²) >= 11 is 5.72. The van der Waals surface area contributed by atoms with Gasteiger partial charge in [0.15, 0.2) is 0 Å². The highest BCUT2D eigenvalue weighted by Gasteiger charge is 2.10. The SMILES string of the molecule is Cl.N#Cc1ccc(C(N)c2ccc(F)c(Cl)c2)cc1. The van der Waals surface area contributed by atoms with Crippen LogP contribution >= 0.6 is 24.0 Å². The summed E-state index contributed by atoms with van der Waals surface area (Å²) in [7, 11) is 0. The first kappa shape index (κ1) is 15.5. The Hall–Kier alpha value is -1.60. The van der Waals surface area contributed by atoms with Gasteiger partial charge in [0, 0.05) is 0 Å². The van der Waals surface area contributed by atoms with Gasteiger partial charge >= 0.3 is 0 Å². The molecule has 0 saturated heterocycles. The lowest BCUT2D eigenvalue weighted by molar-refractivity contribution is 0.627. The molecule has 0 saturated carbocycles. The molecule has 1 unspecified atom stereocenters. The lowest BCUT2D eigenvalue weighted by Crippen LogP contribution is -2.11. The first-order valence-electron chi connectivity index (χ1n) is 5.32. The lowest BCUT2D eigenvalue weighted by atomic mass is 9.99. The summed E-state index contributed by atoms with van der Waals surface area (Å²) in [6, 6.07) is 13.0. The molecule has 2 aromatic rings. The van der Waals surface area contributed by atoms with Gasteiger partial charge in [0.05, 0.1) is 22.7 Å². The molecule has 0 amide bonds. The number of hydrogen-bond acceptors (Lipinski definition) is 2. The van der Waals surface area contributed by atoms with Gasteiger partial charge in [-0.25, -0.2) is 4.39 Å². The van der Waals surface area contributed by atoms with Crippen LogP contribution in [0.25, 0.3) is 0 Å². The molecule has 0 spiro atoms. The molecule has 2 N–H and O–H groups in total. The van der Waals surface area contributed by atoms with Gasteiger partial charge in [-0.1, -0.05) is 29.8 Å². The van der Waals surface area contributed by atoms with Crippen molar-refractivity contribution in [3.8, 4) is 6.07 Å². The van der Waals surface area contributed by atoms with Crippen molar-refractivity contribution in [1.82, 2.24) is 0 Å². The fourth-order valence-corrected chi connectivity index (χ4v) is 1.85. The fourth-order valence-electron chi connectivity index (χ4n) is 1.66. The van der Waals surface area contributed by atoms with Gasteiger partial charge in [-0.15, -0.1) is 12.4 Å². The molecule has 98 valence electrons. The van der Waals surface area contributed by atoms with Gasteiger partial charge in [0.1, 0.15) is 5.82 Å². The summed E-state index contributed by atoms with van der Waals surface area (Å²) in [6.07, 6.45) is 0. The minimum absolute atomic E-state index is 0. The van der Waals surface area contributed by atoms with Gasteiger partial charge in [0.2, 0.25) is 0 Å². The summed E-state index contributed by atoms with van der Waals surface area (Å²) in [4.78, 5) is 0. The number of nitrogens with two attached hydrogens (primary N) is 1. The third-order valence-corrected chi connectivity index (χ3v) is 2.99. The fraction of sp³-hybridized carbons (Fsp3) is 0.0714. The Bertz CT molecular complexity index is 606. The van der Waals surface area contributed by atoms with Crippen LogP contribution in [0.1, 0.15) is 22.7 Å². The minimum atomic E-state index is -0.465. The van der Waals surface area contributed by atoms with Gasteiger partial charge in [-0.3, -0.25) is 0 Å². The normalized spacial score (nSPS) is 11.3. The van der Waals surface area contributed by atoms with Gasteiger partial charge in [-0.05, 0) is 35.4 Å². The Morgan fingerprint density at radius 2 is 1.68 bits per heavy atom. The van der Waals surface area contributed by atoms with E-state index in [2.05, 4.69) is 0 Å². The van der Waals surface area contributed by atoms with Crippen molar-refractivity contribution in [2.24, 2.45) is 5.73 Å². The Morgan fingerprint density at radius 3 is 2.21 bits per heavy atom. The zero-order chi connectivity index (χ0) is 13.1. The second-order valence-corrected chi connectivity index (χ2v) is 4.29. The maximum Gasteiger partial charge on any atom is 0.141 e. The van der Waals surface area contributed by atoms with E-state index in [-0.39, 0.29) is 17.4 Å². The average molecular weight is 297 g/mol. The predicted octanol–water partition coefficient (Wildman–Crippen LogP) is 3.82. The minimum Gasteiger partial charge on any atom is -0.320 e. The molecule has 0 aliphatic carbocycles. The number of hydrogen-bond donors (Lipinski definition) is 1. The molecule has 0 aliphatic rings. The molecule has 2 aromatic carbocycles. The van der Waals surface area contributed by atoms with Crippen molar-refractivity contribution in [3.05, 3.63) is 70.0 Å². The van der Waals surface area contributed by atoms with Crippen LogP contribution in [0.3, 0.4) is 0 Å². The molecule has 0 aromatic heterocycles. The van der Waals surface area contributed by atoms with E-state index in [4.69, 9.17) is 22.6 Å². The summed E-state index contributed by atoms with van der Waals surface area (Å²) in [6.45, 7) is 0. The molecule has 2 nitrogen and oxygen atoms in total. The van der Waals surface area contributed by atoms with Crippen molar-refractivity contribution in [3.63, 3.8) is 0 Å². The van der Waals surface area contributed by atoms with Gasteiger partial charge in [-0.2, -0.15) is 5.26 Å². The van der Waals surface area contributed by atoms with Crippen molar-refractivity contribution in [2.45, 2.75) is 6.04 Å². The van der Waals surface area contributed by atoms with E-state index in [9.17, 15) is 4.39 Å². The van der Waals surface area contributed by atoms with Crippen LogP contribution in [0.5, 0.6) is 0 Å². The second-order valence-electron chi connectivity index (χ2n) is 3.89. The van der Waals surface area contributed by atoms with Crippen molar-refractivity contribution in [2.75, 3.05) is 0 Å². The topological polar surface area (TPSA) is 49.8 Å². The summed E-state index contributed by atoms with van der Waals surface area (Å²) in [5.74, 6) is -0.465. The van der Waals surface area contributed by atoms with E-state index in [1.807, 2.05) is 6.07 Å². The molecular formula is C14H11Cl2FN2. The maximum atomic E-state index is 13.1. The van der Waals surface area contributed by atoms with Crippen LogP contribution in [-0.4, -0.2) is 0 Å². The summed E-state index contributed by atoms with van der Waals surface area (Å²) < 4.78 is 13.1. The average Bonchev–Trinajstić information content (AvgIpc) is 2.41. The standard InChI is InChI=1S/C14H10ClFN2.ClH/c15-12-7-11(5-6-13(12)16)14(18)10-3-1-9(8-17)2-4-10;/h1-7,14H,18H2;1H. The van der Waals surface area contributed by atoms with Crippen LogP contribution in [0.4, 0.5) is 4.39 Å². The van der Waals surface area contributed by atoms with Crippen molar-refractivity contribution in [1.29, 1.82) is 5.26 Å². The van der Waals surface area contributed by atoms with Gasteiger partial charge < -0.3 is 5.73 Å². The molecule has 19 heavy (non-hydrogen) atoms. The molecule has 0 radical (unpaired) electrons. The smallest absolute Gasteiger partial charge is 0.141 e. The summed E-state index contributed by atoms with van der Waals surface area (Å²) in [5.41, 5.74) is 8.21. The first-order chi connectivity index (χ1) is 8.61. The third kappa shape index (κ3) is 3.45. The molecule has 2 rings (SSSR count). The van der Waals surface area contributed by atoms with E-state index in [0.717, 1.165) is 11.1 Å². The highest BCUT2D eigenvalue weighted by atomic mass is 35.5. The van der Waals surface area contributed by atoms with E-state index in [1.54, 1.807) is 30.3 Å². The van der Waals surface area contributed by atoms with Crippen LogP contribution in [0.15, 0.2) is 42.5 Å². The maximum absolute atomic E-state index is 13.1. The Kier molecular flexibility index (Phi) is 5.31.